The maximum atomic E-state index is 11.4. The number of ether oxygens (including phenoxy) is 1. The summed E-state index contributed by atoms with van der Waals surface area (Å²) in [6.07, 6.45) is 0.646. The minimum atomic E-state index is -1.63. The zero-order valence-corrected chi connectivity index (χ0v) is 8.47. The predicted molar refractivity (Wildman–Crippen MR) is 52.4 cm³/mol. The van der Waals surface area contributed by atoms with Crippen LogP contribution in [0.4, 0.5) is 0 Å². The van der Waals surface area contributed by atoms with Gasteiger partial charge in [0.25, 0.3) is 0 Å². The molecule has 0 aliphatic heterocycles. The van der Waals surface area contributed by atoms with Crippen LogP contribution in [0.3, 0.4) is 0 Å². The number of carboxylic acids is 1. The smallest absolute Gasteiger partial charge is 0.372 e. The molecule has 1 aromatic heterocycles. The Morgan fingerprint density at radius 3 is 2.69 bits per heavy atom. The second-order valence-electron chi connectivity index (χ2n) is 2.91. The van der Waals surface area contributed by atoms with Crippen molar-refractivity contribution in [2.45, 2.75) is 6.42 Å². The SMILES string of the molecule is COc1ccnc(C(=O)CC(=O)C(=O)O)c1. The van der Waals surface area contributed by atoms with E-state index in [1.54, 1.807) is 0 Å². The molecule has 1 heterocycles. The molecule has 0 fully saturated rings. The Morgan fingerprint density at radius 2 is 2.12 bits per heavy atom. The first kappa shape index (κ1) is 11.8. The zero-order chi connectivity index (χ0) is 12.1. The van der Waals surface area contributed by atoms with Crippen molar-refractivity contribution in [3.63, 3.8) is 0 Å². The van der Waals surface area contributed by atoms with E-state index in [2.05, 4.69) is 4.98 Å². The van der Waals surface area contributed by atoms with Gasteiger partial charge in [-0.25, -0.2) is 4.79 Å². The molecule has 1 rings (SSSR count). The molecule has 0 radical (unpaired) electrons. The molecule has 0 saturated heterocycles. The minimum Gasteiger partial charge on any atom is -0.497 e. The number of carbonyl (C=O) groups is 3. The topological polar surface area (TPSA) is 93.6 Å². The zero-order valence-electron chi connectivity index (χ0n) is 8.47. The standard InChI is InChI=1S/C10H9NO5/c1-16-6-2-3-11-7(4-6)8(12)5-9(13)10(14)15/h2-4H,5H2,1H3,(H,14,15). The summed E-state index contributed by atoms with van der Waals surface area (Å²) in [5.41, 5.74) is 0.00829. The molecular weight excluding hydrogens is 214 g/mol. The fraction of sp³-hybridized carbons (Fsp3) is 0.200. The van der Waals surface area contributed by atoms with Crippen LogP contribution in [0.1, 0.15) is 16.9 Å². The van der Waals surface area contributed by atoms with Crippen LogP contribution in [0.5, 0.6) is 5.75 Å². The fourth-order valence-corrected chi connectivity index (χ4v) is 1.00. The largest absolute Gasteiger partial charge is 0.497 e. The second-order valence-corrected chi connectivity index (χ2v) is 2.91. The summed E-state index contributed by atoms with van der Waals surface area (Å²) in [7, 11) is 1.42. The fourth-order valence-electron chi connectivity index (χ4n) is 1.00. The van der Waals surface area contributed by atoms with Gasteiger partial charge >= 0.3 is 5.97 Å². The second kappa shape index (κ2) is 5.01. The van der Waals surface area contributed by atoms with E-state index in [0.717, 1.165) is 0 Å². The molecule has 0 saturated carbocycles. The van der Waals surface area contributed by atoms with E-state index in [-0.39, 0.29) is 5.69 Å². The monoisotopic (exact) mass is 223 g/mol. The number of rotatable bonds is 5. The van der Waals surface area contributed by atoms with E-state index in [4.69, 9.17) is 9.84 Å². The van der Waals surface area contributed by atoms with Crippen LogP contribution >= 0.6 is 0 Å². The Balaban J connectivity index is 2.80. The van der Waals surface area contributed by atoms with Crippen molar-refractivity contribution in [3.8, 4) is 5.75 Å². The Kier molecular flexibility index (Phi) is 3.71. The average molecular weight is 223 g/mol. The van der Waals surface area contributed by atoms with E-state index in [0.29, 0.717) is 5.75 Å². The summed E-state index contributed by atoms with van der Waals surface area (Å²) in [4.78, 5) is 36.2. The highest BCUT2D eigenvalue weighted by Crippen LogP contribution is 2.11. The van der Waals surface area contributed by atoms with Crippen molar-refractivity contribution < 1.29 is 24.2 Å². The van der Waals surface area contributed by atoms with Crippen LogP contribution < -0.4 is 4.74 Å². The van der Waals surface area contributed by atoms with Gasteiger partial charge in [0, 0.05) is 12.3 Å². The van der Waals surface area contributed by atoms with Crippen molar-refractivity contribution in [1.82, 2.24) is 4.98 Å². The molecule has 0 aromatic carbocycles. The predicted octanol–water partition coefficient (Wildman–Crippen LogP) is 0.317. The van der Waals surface area contributed by atoms with E-state index >= 15 is 0 Å². The van der Waals surface area contributed by atoms with E-state index in [1.165, 1.54) is 25.4 Å². The molecule has 84 valence electrons. The lowest BCUT2D eigenvalue weighted by Gasteiger charge is -2.01. The molecule has 0 unspecified atom stereocenters. The molecule has 0 aliphatic rings. The van der Waals surface area contributed by atoms with E-state index in [9.17, 15) is 14.4 Å². The molecule has 0 amide bonds. The van der Waals surface area contributed by atoms with Crippen LogP contribution in [-0.4, -0.2) is 34.7 Å². The average Bonchev–Trinajstić information content (AvgIpc) is 2.28. The van der Waals surface area contributed by atoms with E-state index in [1.807, 2.05) is 0 Å². The number of carboxylic acid groups (broad SMARTS) is 1. The molecule has 0 atom stereocenters. The van der Waals surface area contributed by atoms with Crippen molar-refractivity contribution in [2.24, 2.45) is 0 Å². The lowest BCUT2D eigenvalue weighted by molar-refractivity contribution is -0.148. The maximum absolute atomic E-state index is 11.4. The summed E-state index contributed by atoms with van der Waals surface area (Å²) in [5.74, 6) is -3.02. The van der Waals surface area contributed by atoms with Gasteiger partial charge in [0.2, 0.25) is 5.78 Å². The number of methoxy groups -OCH3 is 1. The van der Waals surface area contributed by atoms with Gasteiger partial charge in [-0.2, -0.15) is 0 Å². The summed E-state index contributed by atoms with van der Waals surface area (Å²) in [5, 5.41) is 8.33. The van der Waals surface area contributed by atoms with Crippen LogP contribution in [0.15, 0.2) is 18.3 Å². The first-order valence-electron chi connectivity index (χ1n) is 4.34. The number of aliphatic carboxylic acids is 1. The van der Waals surface area contributed by atoms with Crippen molar-refractivity contribution in [3.05, 3.63) is 24.0 Å². The highest BCUT2D eigenvalue weighted by atomic mass is 16.5. The summed E-state index contributed by atoms with van der Waals surface area (Å²) in [6, 6.07) is 2.88. The third kappa shape index (κ3) is 2.88. The molecule has 1 aromatic rings. The molecule has 6 nitrogen and oxygen atoms in total. The molecule has 0 aliphatic carbocycles. The van der Waals surface area contributed by atoms with Gasteiger partial charge in [-0.15, -0.1) is 0 Å². The van der Waals surface area contributed by atoms with Crippen LogP contribution in [0.2, 0.25) is 0 Å². The van der Waals surface area contributed by atoms with Gasteiger partial charge in [-0.05, 0) is 6.07 Å². The number of carbonyl (C=O) groups excluding carboxylic acids is 2. The maximum Gasteiger partial charge on any atom is 0.372 e. The normalized spacial score (nSPS) is 9.56. The van der Waals surface area contributed by atoms with Gasteiger partial charge in [0.1, 0.15) is 11.4 Å². The number of ketones is 2. The Labute approximate surface area is 90.9 Å². The Morgan fingerprint density at radius 1 is 1.44 bits per heavy atom. The molecule has 6 heteroatoms. The van der Waals surface area contributed by atoms with Crippen molar-refractivity contribution in [2.75, 3.05) is 7.11 Å². The molecule has 1 N–H and O–H groups in total. The van der Waals surface area contributed by atoms with Crippen LogP contribution in [-0.2, 0) is 9.59 Å². The summed E-state index contributed by atoms with van der Waals surface area (Å²) in [6.45, 7) is 0. The number of hydrogen-bond donors (Lipinski definition) is 1. The van der Waals surface area contributed by atoms with Gasteiger partial charge in [-0.3, -0.25) is 14.6 Å². The number of nitrogens with zero attached hydrogens (tertiary/aromatic N) is 1. The number of pyridine rings is 1. The van der Waals surface area contributed by atoms with Gasteiger partial charge in [-0.1, -0.05) is 0 Å². The first-order valence-corrected chi connectivity index (χ1v) is 4.34. The van der Waals surface area contributed by atoms with Crippen LogP contribution in [0, 0.1) is 0 Å². The quantitative estimate of drug-likeness (QED) is 0.439. The summed E-state index contributed by atoms with van der Waals surface area (Å²) < 4.78 is 4.86. The molecule has 0 spiro atoms. The molecule has 16 heavy (non-hydrogen) atoms. The van der Waals surface area contributed by atoms with Gasteiger partial charge < -0.3 is 9.84 Å². The molecule has 0 bridgehead atoms. The number of aromatic nitrogens is 1. The lowest BCUT2D eigenvalue weighted by atomic mass is 10.1. The van der Waals surface area contributed by atoms with Crippen molar-refractivity contribution in [1.29, 1.82) is 0 Å². The van der Waals surface area contributed by atoms with Gasteiger partial charge in [0.05, 0.1) is 13.5 Å². The highest BCUT2D eigenvalue weighted by Gasteiger charge is 2.18. The lowest BCUT2D eigenvalue weighted by Crippen LogP contribution is -2.17. The highest BCUT2D eigenvalue weighted by molar-refractivity contribution is 6.37. The summed E-state index contributed by atoms with van der Waals surface area (Å²) >= 11 is 0. The first-order chi connectivity index (χ1) is 7.54. The number of Topliss-reactive ketones (excluding diaryl/α,β-unsaturated/α-hetero) is 2. The third-order valence-corrected chi connectivity index (χ3v) is 1.81. The minimum absolute atomic E-state index is 0.00829. The Bertz CT molecular complexity index is 441. The third-order valence-electron chi connectivity index (χ3n) is 1.81. The Hall–Kier alpha value is -2.24. The van der Waals surface area contributed by atoms with Crippen molar-refractivity contribution >= 4 is 17.5 Å². The van der Waals surface area contributed by atoms with Crippen LogP contribution in [0.25, 0.3) is 0 Å². The van der Waals surface area contributed by atoms with Gasteiger partial charge in [0.15, 0.2) is 5.78 Å². The molecular formula is C10H9NO5. The number of hydrogen-bond acceptors (Lipinski definition) is 5. The van der Waals surface area contributed by atoms with E-state index < -0.39 is 24.0 Å².